The second-order valence-electron chi connectivity index (χ2n) is 5.04. The van der Waals surface area contributed by atoms with Gasteiger partial charge in [0.15, 0.2) is 0 Å². The zero-order valence-electron chi connectivity index (χ0n) is 9.91. The van der Waals surface area contributed by atoms with Crippen molar-refractivity contribution in [3.63, 3.8) is 0 Å². The first-order valence-electron chi connectivity index (χ1n) is 6.05. The molecule has 90 valence electrons. The van der Waals surface area contributed by atoms with Crippen LogP contribution in [0.25, 0.3) is 11.0 Å². The molecule has 0 unspecified atom stereocenters. The van der Waals surface area contributed by atoms with Crippen LogP contribution in [-0.4, -0.2) is 9.55 Å². The van der Waals surface area contributed by atoms with Gasteiger partial charge in [-0.3, -0.25) is 0 Å². The molecule has 2 N–H and O–H groups in total. The molecule has 1 fully saturated rings. The first-order valence-corrected chi connectivity index (χ1v) is 6.43. The molecule has 1 saturated carbocycles. The van der Waals surface area contributed by atoms with E-state index < -0.39 is 0 Å². The van der Waals surface area contributed by atoms with E-state index in [1.54, 1.807) is 0 Å². The molecule has 17 heavy (non-hydrogen) atoms. The van der Waals surface area contributed by atoms with Crippen LogP contribution in [0.5, 0.6) is 0 Å². The maximum Gasteiger partial charge on any atom is 0.201 e. The zero-order chi connectivity index (χ0) is 12.0. The Hall–Kier alpha value is -1.22. The largest absolute Gasteiger partial charge is 0.369 e. The van der Waals surface area contributed by atoms with Crippen LogP contribution >= 0.6 is 11.6 Å². The van der Waals surface area contributed by atoms with Crippen molar-refractivity contribution in [2.24, 2.45) is 5.41 Å². The van der Waals surface area contributed by atoms with Crippen molar-refractivity contribution in [3.8, 4) is 0 Å². The van der Waals surface area contributed by atoms with E-state index in [-0.39, 0.29) is 0 Å². The zero-order valence-corrected chi connectivity index (χ0v) is 10.7. The molecule has 2 aromatic rings. The number of fused-ring (bicyclic) bond motifs is 1. The van der Waals surface area contributed by atoms with Crippen molar-refractivity contribution in [2.75, 3.05) is 5.73 Å². The molecule has 3 rings (SSSR count). The van der Waals surface area contributed by atoms with Crippen molar-refractivity contribution < 1.29 is 0 Å². The van der Waals surface area contributed by atoms with Crippen LogP contribution in [0.2, 0.25) is 5.02 Å². The highest BCUT2D eigenvalue weighted by Gasteiger charge is 2.41. The Morgan fingerprint density at radius 2 is 2.24 bits per heavy atom. The van der Waals surface area contributed by atoms with Gasteiger partial charge >= 0.3 is 0 Å². The highest BCUT2D eigenvalue weighted by Crippen LogP contribution is 2.50. The fourth-order valence-electron chi connectivity index (χ4n) is 2.42. The minimum atomic E-state index is 0.448. The summed E-state index contributed by atoms with van der Waals surface area (Å²) in [7, 11) is 0. The van der Waals surface area contributed by atoms with Gasteiger partial charge in [-0.1, -0.05) is 18.5 Å². The average Bonchev–Trinajstić information content (AvgIpc) is 3.03. The van der Waals surface area contributed by atoms with Crippen LogP contribution in [0.3, 0.4) is 0 Å². The van der Waals surface area contributed by atoms with E-state index in [0.717, 1.165) is 22.6 Å². The van der Waals surface area contributed by atoms with E-state index in [1.165, 1.54) is 19.3 Å². The topological polar surface area (TPSA) is 43.8 Å². The molecular formula is C13H16ClN3. The van der Waals surface area contributed by atoms with Gasteiger partial charge < -0.3 is 10.3 Å². The van der Waals surface area contributed by atoms with E-state index in [2.05, 4.69) is 16.5 Å². The summed E-state index contributed by atoms with van der Waals surface area (Å²) in [5.74, 6) is 0.599. The number of hydrogen-bond donors (Lipinski definition) is 1. The van der Waals surface area contributed by atoms with Crippen LogP contribution in [0.15, 0.2) is 18.2 Å². The minimum Gasteiger partial charge on any atom is -0.369 e. The number of benzene rings is 1. The number of anilines is 1. The molecule has 0 radical (unpaired) electrons. The van der Waals surface area contributed by atoms with Gasteiger partial charge in [-0.15, -0.1) is 0 Å². The number of aromatic nitrogens is 2. The third-order valence-electron chi connectivity index (χ3n) is 3.94. The summed E-state index contributed by atoms with van der Waals surface area (Å²) in [4.78, 5) is 4.38. The van der Waals surface area contributed by atoms with Gasteiger partial charge in [-0.25, -0.2) is 4.98 Å². The van der Waals surface area contributed by atoms with Gasteiger partial charge in [-0.05, 0) is 42.9 Å². The van der Waals surface area contributed by atoms with Crippen molar-refractivity contribution in [2.45, 2.75) is 32.7 Å². The highest BCUT2D eigenvalue weighted by molar-refractivity contribution is 6.31. The second-order valence-corrected chi connectivity index (χ2v) is 5.48. The molecule has 0 amide bonds. The van der Waals surface area contributed by atoms with Gasteiger partial charge in [0, 0.05) is 11.6 Å². The Morgan fingerprint density at radius 1 is 1.47 bits per heavy atom. The molecule has 0 bridgehead atoms. The molecule has 0 atom stereocenters. The standard InChI is InChI=1S/C13H16ClN3/c1-2-13(5-6-13)8-17-11-7-9(14)3-4-10(11)16-12(17)15/h3-4,7H,2,5-6,8H2,1H3,(H2,15,16). The Balaban J connectivity index is 2.08. The maximum absolute atomic E-state index is 6.04. The third kappa shape index (κ3) is 1.78. The minimum absolute atomic E-state index is 0.448. The molecule has 0 saturated heterocycles. The summed E-state index contributed by atoms with van der Waals surface area (Å²) >= 11 is 6.04. The van der Waals surface area contributed by atoms with Crippen molar-refractivity contribution >= 4 is 28.6 Å². The molecular weight excluding hydrogens is 234 g/mol. The van der Waals surface area contributed by atoms with Gasteiger partial charge in [-0.2, -0.15) is 0 Å². The van der Waals surface area contributed by atoms with E-state index in [1.807, 2.05) is 18.2 Å². The lowest BCUT2D eigenvalue weighted by Gasteiger charge is -2.15. The molecule has 3 nitrogen and oxygen atoms in total. The summed E-state index contributed by atoms with van der Waals surface area (Å²) in [5, 5.41) is 0.736. The van der Waals surface area contributed by atoms with Crippen LogP contribution < -0.4 is 5.73 Å². The summed E-state index contributed by atoms with van der Waals surface area (Å²) in [6, 6.07) is 5.73. The summed E-state index contributed by atoms with van der Waals surface area (Å²) < 4.78 is 2.11. The Labute approximate surface area is 106 Å². The fraction of sp³-hybridized carbons (Fsp3) is 0.462. The number of nitrogens with zero attached hydrogens (tertiary/aromatic N) is 2. The molecule has 1 aromatic carbocycles. The van der Waals surface area contributed by atoms with Crippen molar-refractivity contribution in [1.29, 1.82) is 0 Å². The molecule has 4 heteroatoms. The predicted octanol–water partition coefficient (Wildman–Crippen LogP) is 3.46. The van der Waals surface area contributed by atoms with Gasteiger partial charge in [0.2, 0.25) is 5.95 Å². The van der Waals surface area contributed by atoms with Crippen molar-refractivity contribution in [3.05, 3.63) is 23.2 Å². The third-order valence-corrected chi connectivity index (χ3v) is 4.18. The lowest BCUT2D eigenvalue weighted by Crippen LogP contribution is -2.12. The number of imidazole rings is 1. The number of halogens is 1. The first kappa shape index (κ1) is 10.9. The van der Waals surface area contributed by atoms with Crippen LogP contribution in [-0.2, 0) is 6.54 Å². The van der Waals surface area contributed by atoms with Crippen LogP contribution in [0, 0.1) is 5.41 Å². The normalized spacial score (nSPS) is 17.5. The van der Waals surface area contributed by atoms with E-state index in [0.29, 0.717) is 11.4 Å². The Bertz CT molecular complexity index is 569. The molecule has 0 spiro atoms. The Morgan fingerprint density at radius 3 is 2.88 bits per heavy atom. The van der Waals surface area contributed by atoms with Crippen molar-refractivity contribution in [1.82, 2.24) is 9.55 Å². The summed E-state index contributed by atoms with van der Waals surface area (Å²) in [6.07, 6.45) is 3.79. The van der Waals surface area contributed by atoms with Crippen LogP contribution in [0.1, 0.15) is 26.2 Å². The first-order chi connectivity index (χ1) is 8.13. The lowest BCUT2D eigenvalue weighted by atomic mass is 10.0. The quantitative estimate of drug-likeness (QED) is 0.905. The number of nitrogen functional groups attached to an aromatic ring is 1. The summed E-state index contributed by atoms with van der Waals surface area (Å²) in [6.45, 7) is 3.21. The number of rotatable bonds is 3. The van der Waals surface area contributed by atoms with Gasteiger partial charge in [0.1, 0.15) is 0 Å². The maximum atomic E-state index is 6.04. The van der Waals surface area contributed by atoms with E-state index >= 15 is 0 Å². The molecule has 0 aliphatic heterocycles. The van der Waals surface area contributed by atoms with Gasteiger partial charge in [0.05, 0.1) is 11.0 Å². The molecule has 1 aliphatic rings. The number of hydrogen-bond acceptors (Lipinski definition) is 2. The molecule has 1 aliphatic carbocycles. The molecule has 1 heterocycles. The van der Waals surface area contributed by atoms with Gasteiger partial charge in [0.25, 0.3) is 0 Å². The second kappa shape index (κ2) is 3.64. The lowest BCUT2D eigenvalue weighted by molar-refractivity contribution is 0.418. The smallest absolute Gasteiger partial charge is 0.201 e. The highest BCUT2D eigenvalue weighted by atomic mass is 35.5. The fourth-order valence-corrected chi connectivity index (χ4v) is 2.58. The predicted molar refractivity (Wildman–Crippen MR) is 71.1 cm³/mol. The SMILES string of the molecule is CCC1(Cn2c(N)nc3ccc(Cl)cc32)CC1. The van der Waals surface area contributed by atoms with E-state index in [4.69, 9.17) is 17.3 Å². The summed E-state index contributed by atoms with van der Waals surface area (Å²) in [5.41, 5.74) is 8.43. The monoisotopic (exact) mass is 249 g/mol. The van der Waals surface area contributed by atoms with Crippen LogP contribution in [0.4, 0.5) is 5.95 Å². The number of nitrogens with two attached hydrogens (primary N) is 1. The average molecular weight is 250 g/mol. The molecule has 1 aromatic heterocycles. The van der Waals surface area contributed by atoms with E-state index in [9.17, 15) is 0 Å². The Kier molecular flexibility index (Phi) is 2.33.